The van der Waals surface area contributed by atoms with E-state index in [1.807, 2.05) is 4.57 Å². The van der Waals surface area contributed by atoms with Gasteiger partial charge in [0, 0.05) is 19.9 Å². The van der Waals surface area contributed by atoms with Crippen LogP contribution in [0.3, 0.4) is 0 Å². The molecule has 0 saturated heterocycles. The molecule has 22 heavy (non-hydrogen) atoms. The van der Waals surface area contributed by atoms with Gasteiger partial charge in [0.15, 0.2) is 0 Å². The van der Waals surface area contributed by atoms with Gasteiger partial charge in [-0.15, -0.1) is 10.2 Å². The summed E-state index contributed by atoms with van der Waals surface area (Å²) in [5, 5.41) is 13.9. The fraction of sp³-hybridized carbons (Fsp3) is 0.733. The van der Waals surface area contributed by atoms with Crippen LogP contribution in [0.25, 0.3) is 0 Å². The van der Waals surface area contributed by atoms with Gasteiger partial charge < -0.3 is 5.32 Å². The van der Waals surface area contributed by atoms with Gasteiger partial charge in [0.1, 0.15) is 11.9 Å². The second-order valence-corrected chi connectivity index (χ2v) is 6.26. The van der Waals surface area contributed by atoms with E-state index in [0.29, 0.717) is 5.95 Å². The lowest BCUT2D eigenvalue weighted by Crippen LogP contribution is -2.47. The van der Waals surface area contributed by atoms with Crippen molar-refractivity contribution >= 4 is 17.8 Å². The summed E-state index contributed by atoms with van der Waals surface area (Å²) in [6.07, 6.45) is 7.30. The number of aryl methyl sites for hydroxylation is 1. The van der Waals surface area contributed by atoms with Crippen molar-refractivity contribution in [2.75, 3.05) is 5.32 Å². The number of fused-ring (bicyclic) bond motifs is 1. The molecule has 2 N–H and O–H groups in total. The van der Waals surface area contributed by atoms with Crippen molar-refractivity contribution in [1.29, 1.82) is 0 Å². The highest BCUT2D eigenvalue weighted by molar-refractivity contribution is 5.96. The molecule has 1 aromatic rings. The van der Waals surface area contributed by atoms with E-state index in [1.54, 1.807) is 0 Å². The number of nitrogens with one attached hydrogen (secondary N) is 2. The third-order valence-electron chi connectivity index (χ3n) is 4.61. The van der Waals surface area contributed by atoms with Gasteiger partial charge in [-0.2, -0.15) is 0 Å². The zero-order chi connectivity index (χ0) is 15.5. The number of carbonyl (C=O) groups excluding carboxylic acids is 2. The maximum Gasteiger partial charge on any atom is 0.249 e. The zero-order valence-corrected chi connectivity index (χ0v) is 13.0. The SMILES string of the molecule is CC(=O)NC(C(=O)Nc1nnc2n1CCCC2)C1CCCC1. The number of nitrogens with zero attached hydrogens (tertiary/aromatic N) is 3. The van der Waals surface area contributed by atoms with E-state index < -0.39 is 6.04 Å². The van der Waals surface area contributed by atoms with E-state index >= 15 is 0 Å². The van der Waals surface area contributed by atoms with Gasteiger partial charge in [0.2, 0.25) is 17.8 Å². The fourth-order valence-electron chi connectivity index (χ4n) is 3.50. The first-order valence-corrected chi connectivity index (χ1v) is 8.15. The smallest absolute Gasteiger partial charge is 0.249 e. The Labute approximate surface area is 129 Å². The van der Waals surface area contributed by atoms with Gasteiger partial charge in [-0.1, -0.05) is 12.8 Å². The van der Waals surface area contributed by atoms with Crippen LogP contribution in [0.2, 0.25) is 0 Å². The standard InChI is InChI=1S/C15H23N5O2/c1-10(21)16-13(11-6-2-3-7-11)14(22)17-15-19-18-12-8-4-5-9-20(12)15/h11,13H,2-9H2,1H3,(H,16,21)(H,17,19,22). The van der Waals surface area contributed by atoms with Gasteiger partial charge in [-0.05, 0) is 31.6 Å². The van der Waals surface area contributed by atoms with Crippen molar-refractivity contribution in [3.63, 3.8) is 0 Å². The fourth-order valence-corrected chi connectivity index (χ4v) is 3.50. The molecule has 0 spiro atoms. The molecule has 2 aliphatic rings. The van der Waals surface area contributed by atoms with Crippen LogP contribution in [0.5, 0.6) is 0 Å². The molecule has 0 radical (unpaired) electrons. The average molecular weight is 305 g/mol. The number of anilines is 1. The highest BCUT2D eigenvalue weighted by atomic mass is 16.2. The monoisotopic (exact) mass is 305 g/mol. The largest absolute Gasteiger partial charge is 0.344 e. The molecule has 0 bridgehead atoms. The first-order valence-electron chi connectivity index (χ1n) is 8.15. The molecular formula is C15H23N5O2. The summed E-state index contributed by atoms with van der Waals surface area (Å²) in [4.78, 5) is 24.0. The molecule has 7 heteroatoms. The minimum Gasteiger partial charge on any atom is -0.344 e. The van der Waals surface area contributed by atoms with Crippen molar-refractivity contribution in [3.8, 4) is 0 Å². The van der Waals surface area contributed by atoms with E-state index in [-0.39, 0.29) is 17.7 Å². The third-order valence-corrected chi connectivity index (χ3v) is 4.61. The Morgan fingerprint density at radius 3 is 2.68 bits per heavy atom. The number of hydrogen-bond donors (Lipinski definition) is 2. The molecule has 1 unspecified atom stereocenters. The summed E-state index contributed by atoms with van der Waals surface area (Å²) in [6, 6.07) is -0.475. The molecule has 2 heterocycles. The Hall–Kier alpha value is -1.92. The molecule has 120 valence electrons. The summed E-state index contributed by atoms with van der Waals surface area (Å²) in [5.74, 6) is 1.30. The molecule has 1 aliphatic heterocycles. The highest BCUT2D eigenvalue weighted by Gasteiger charge is 2.32. The molecule has 7 nitrogen and oxygen atoms in total. The van der Waals surface area contributed by atoms with E-state index in [0.717, 1.165) is 57.3 Å². The van der Waals surface area contributed by atoms with Crippen LogP contribution in [0.4, 0.5) is 5.95 Å². The number of amides is 2. The summed E-state index contributed by atoms with van der Waals surface area (Å²) in [6.45, 7) is 2.29. The van der Waals surface area contributed by atoms with Crippen LogP contribution in [-0.4, -0.2) is 32.6 Å². The second kappa shape index (κ2) is 6.46. The highest BCUT2D eigenvalue weighted by Crippen LogP contribution is 2.28. The Balaban J connectivity index is 1.72. The molecular weight excluding hydrogens is 282 g/mol. The topological polar surface area (TPSA) is 88.9 Å². The minimum atomic E-state index is -0.475. The van der Waals surface area contributed by atoms with E-state index in [4.69, 9.17) is 0 Å². The number of hydrogen-bond acceptors (Lipinski definition) is 4. The van der Waals surface area contributed by atoms with Crippen molar-refractivity contribution < 1.29 is 9.59 Å². The molecule has 1 fully saturated rings. The van der Waals surface area contributed by atoms with Crippen molar-refractivity contribution in [2.45, 2.75) is 64.5 Å². The third kappa shape index (κ3) is 3.13. The summed E-state index contributed by atoms with van der Waals surface area (Å²) in [5.41, 5.74) is 0. The maximum atomic E-state index is 12.6. The minimum absolute atomic E-state index is 0.171. The Morgan fingerprint density at radius 1 is 1.18 bits per heavy atom. The zero-order valence-electron chi connectivity index (χ0n) is 13.0. The quantitative estimate of drug-likeness (QED) is 0.876. The van der Waals surface area contributed by atoms with Gasteiger partial charge in [-0.25, -0.2) is 0 Å². The lowest BCUT2D eigenvalue weighted by atomic mass is 9.97. The van der Waals surface area contributed by atoms with Crippen molar-refractivity contribution in [1.82, 2.24) is 20.1 Å². The summed E-state index contributed by atoms with van der Waals surface area (Å²) < 4.78 is 1.97. The first kappa shape index (κ1) is 15.0. The molecule has 1 aliphatic carbocycles. The van der Waals surface area contributed by atoms with Gasteiger partial charge in [0.05, 0.1) is 0 Å². The second-order valence-electron chi connectivity index (χ2n) is 6.26. The lowest BCUT2D eigenvalue weighted by molar-refractivity contribution is -0.126. The predicted octanol–water partition coefficient (Wildman–Crippen LogP) is 1.25. The van der Waals surface area contributed by atoms with Crippen LogP contribution >= 0.6 is 0 Å². The Bertz CT molecular complexity index is 562. The molecule has 1 saturated carbocycles. The van der Waals surface area contributed by atoms with Crippen LogP contribution in [0, 0.1) is 5.92 Å². The van der Waals surface area contributed by atoms with Crippen LogP contribution < -0.4 is 10.6 Å². The van der Waals surface area contributed by atoms with E-state index in [2.05, 4.69) is 20.8 Å². The van der Waals surface area contributed by atoms with Gasteiger partial charge >= 0.3 is 0 Å². The Kier molecular flexibility index (Phi) is 4.40. The number of rotatable bonds is 4. The van der Waals surface area contributed by atoms with Crippen molar-refractivity contribution in [3.05, 3.63) is 5.82 Å². The normalized spacial score (nSPS) is 19.5. The van der Waals surface area contributed by atoms with Gasteiger partial charge in [-0.3, -0.25) is 19.5 Å². The number of carbonyl (C=O) groups is 2. The van der Waals surface area contributed by atoms with Crippen LogP contribution in [0.15, 0.2) is 0 Å². The van der Waals surface area contributed by atoms with E-state index in [9.17, 15) is 9.59 Å². The average Bonchev–Trinajstić information content (AvgIpc) is 3.15. The van der Waals surface area contributed by atoms with Gasteiger partial charge in [0.25, 0.3) is 0 Å². The molecule has 1 aromatic heterocycles. The molecule has 3 rings (SSSR count). The maximum absolute atomic E-state index is 12.6. The molecule has 1 atom stereocenters. The predicted molar refractivity (Wildman–Crippen MR) is 81.2 cm³/mol. The van der Waals surface area contributed by atoms with Crippen LogP contribution in [-0.2, 0) is 22.6 Å². The van der Waals surface area contributed by atoms with E-state index in [1.165, 1.54) is 6.92 Å². The Morgan fingerprint density at radius 2 is 1.95 bits per heavy atom. The molecule has 0 aromatic carbocycles. The molecule has 2 amide bonds. The first-order chi connectivity index (χ1) is 10.6. The summed E-state index contributed by atoms with van der Waals surface area (Å²) >= 11 is 0. The van der Waals surface area contributed by atoms with Crippen molar-refractivity contribution in [2.24, 2.45) is 5.92 Å². The summed E-state index contributed by atoms with van der Waals surface area (Å²) in [7, 11) is 0. The lowest BCUT2D eigenvalue weighted by Gasteiger charge is -2.23. The van der Waals surface area contributed by atoms with Crippen LogP contribution in [0.1, 0.15) is 51.3 Å². The number of aromatic nitrogens is 3.